The molecular weight excluding hydrogens is 211 g/mol. The van der Waals surface area contributed by atoms with Crippen molar-refractivity contribution < 1.29 is 4.39 Å². The van der Waals surface area contributed by atoms with Gasteiger partial charge in [-0.25, -0.2) is 9.37 Å². The summed E-state index contributed by atoms with van der Waals surface area (Å²) in [5.74, 6) is 0. The quantitative estimate of drug-likeness (QED) is 0.770. The molecule has 60 valence electrons. The third-order valence-electron chi connectivity index (χ3n) is 1.34. The van der Waals surface area contributed by atoms with Crippen LogP contribution in [0.3, 0.4) is 0 Å². The summed E-state index contributed by atoms with van der Waals surface area (Å²) in [5.41, 5.74) is 6.13. The minimum atomic E-state index is -0.552. The van der Waals surface area contributed by atoms with Gasteiger partial charge in [0.05, 0.1) is 6.04 Å². The van der Waals surface area contributed by atoms with Crippen LogP contribution in [0.25, 0.3) is 0 Å². The van der Waals surface area contributed by atoms with E-state index in [0.717, 1.165) is 10.2 Å². The molecule has 0 unspecified atom stereocenters. The molecule has 1 rings (SSSR count). The van der Waals surface area contributed by atoms with Gasteiger partial charge in [-0.15, -0.1) is 0 Å². The third kappa shape index (κ3) is 2.24. The topological polar surface area (TPSA) is 38.9 Å². The Morgan fingerprint density at radius 1 is 1.64 bits per heavy atom. The van der Waals surface area contributed by atoms with Crippen molar-refractivity contribution in [2.45, 2.75) is 6.04 Å². The number of hydrogen-bond acceptors (Lipinski definition) is 2. The van der Waals surface area contributed by atoms with E-state index in [4.69, 9.17) is 5.73 Å². The smallest absolute Gasteiger partial charge is 0.109 e. The molecule has 0 saturated heterocycles. The molecule has 0 saturated carbocycles. The largest absolute Gasteiger partial charge is 0.322 e. The minimum absolute atomic E-state index is 0.546. The maximum atomic E-state index is 12.0. The monoisotopic (exact) mass is 218 g/mol. The van der Waals surface area contributed by atoms with E-state index in [2.05, 4.69) is 20.9 Å². The molecule has 1 heterocycles. The van der Waals surface area contributed by atoms with Gasteiger partial charge < -0.3 is 5.73 Å². The van der Waals surface area contributed by atoms with Crippen molar-refractivity contribution in [3.63, 3.8) is 0 Å². The second kappa shape index (κ2) is 3.78. The number of nitrogens with zero attached hydrogens (tertiary/aromatic N) is 1. The highest BCUT2D eigenvalue weighted by molar-refractivity contribution is 9.10. The minimum Gasteiger partial charge on any atom is -0.322 e. The maximum Gasteiger partial charge on any atom is 0.109 e. The molecule has 4 heteroatoms. The molecule has 0 aliphatic rings. The lowest BCUT2D eigenvalue weighted by Crippen LogP contribution is -2.12. The van der Waals surface area contributed by atoms with Gasteiger partial charge in [-0.3, -0.25) is 0 Å². The van der Waals surface area contributed by atoms with Crippen molar-refractivity contribution >= 4 is 15.9 Å². The molecule has 11 heavy (non-hydrogen) atoms. The molecule has 2 nitrogen and oxygen atoms in total. The molecular formula is C7H8BrFN2. The zero-order chi connectivity index (χ0) is 8.27. The van der Waals surface area contributed by atoms with Crippen LogP contribution in [-0.2, 0) is 0 Å². The number of halogens is 2. The van der Waals surface area contributed by atoms with Crippen molar-refractivity contribution in [2.24, 2.45) is 5.73 Å². The van der Waals surface area contributed by atoms with E-state index in [1.54, 1.807) is 18.3 Å². The average Bonchev–Trinajstić information content (AvgIpc) is 2.05. The van der Waals surface area contributed by atoms with Crippen LogP contribution >= 0.6 is 15.9 Å². The van der Waals surface area contributed by atoms with Gasteiger partial charge in [0, 0.05) is 6.20 Å². The molecule has 1 aromatic rings. The van der Waals surface area contributed by atoms with Crippen LogP contribution in [0, 0.1) is 0 Å². The number of alkyl halides is 1. The first kappa shape index (κ1) is 8.62. The average molecular weight is 219 g/mol. The van der Waals surface area contributed by atoms with Crippen molar-refractivity contribution in [3.05, 3.63) is 28.5 Å². The van der Waals surface area contributed by atoms with Crippen LogP contribution in [0.5, 0.6) is 0 Å². The summed E-state index contributed by atoms with van der Waals surface area (Å²) in [4.78, 5) is 3.92. The van der Waals surface area contributed by atoms with Gasteiger partial charge in [-0.1, -0.05) is 6.07 Å². The Balaban J connectivity index is 2.81. The number of pyridine rings is 1. The van der Waals surface area contributed by atoms with Crippen LogP contribution in [0.1, 0.15) is 11.6 Å². The zero-order valence-electron chi connectivity index (χ0n) is 5.80. The molecule has 0 fully saturated rings. The fourth-order valence-electron chi connectivity index (χ4n) is 0.696. The van der Waals surface area contributed by atoms with E-state index in [1.165, 1.54) is 0 Å². The van der Waals surface area contributed by atoms with Crippen molar-refractivity contribution in [1.82, 2.24) is 4.98 Å². The molecule has 2 N–H and O–H groups in total. The van der Waals surface area contributed by atoms with Crippen LogP contribution < -0.4 is 5.73 Å². The SMILES string of the molecule is N[C@H](CF)c1ccc(Br)nc1. The second-order valence-electron chi connectivity index (χ2n) is 2.18. The standard InChI is InChI=1S/C7H8BrFN2/c8-7-2-1-5(4-11-7)6(10)3-9/h1-2,4,6H,3,10H2/t6-/m1/s1. The summed E-state index contributed by atoms with van der Waals surface area (Å²) in [6.07, 6.45) is 1.56. The Hall–Kier alpha value is -0.480. The number of nitrogens with two attached hydrogens (primary N) is 1. The van der Waals surface area contributed by atoms with Crippen LogP contribution in [0.15, 0.2) is 22.9 Å². The van der Waals surface area contributed by atoms with Gasteiger partial charge in [0.1, 0.15) is 11.3 Å². The highest BCUT2D eigenvalue weighted by Gasteiger charge is 2.03. The first-order valence-electron chi connectivity index (χ1n) is 3.17. The van der Waals surface area contributed by atoms with E-state index in [1.807, 2.05) is 0 Å². The molecule has 1 aromatic heterocycles. The fourth-order valence-corrected chi connectivity index (χ4v) is 0.930. The summed E-state index contributed by atoms with van der Waals surface area (Å²) in [6.45, 7) is -0.552. The van der Waals surface area contributed by atoms with Gasteiger partial charge in [0.25, 0.3) is 0 Å². The predicted molar refractivity (Wildman–Crippen MR) is 44.8 cm³/mol. The molecule has 0 aliphatic heterocycles. The summed E-state index contributed by atoms with van der Waals surface area (Å²) >= 11 is 3.17. The lowest BCUT2D eigenvalue weighted by atomic mass is 10.1. The molecule has 0 spiro atoms. The number of rotatable bonds is 2. The van der Waals surface area contributed by atoms with Crippen molar-refractivity contribution in [2.75, 3.05) is 6.67 Å². The van der Waals surface area contributed by atoms with E-state index in [0.29, 0.717) is 0 Å². The predicted octanol–water partition coefficient (Wildman–Crippen LogP) is 1.81. The van der Waals surface area contributed by atoms with Crippen LogP contribution in [0.4, 0.5) is 4.39 Å². The summed E-state index contributed by atoms with van der Waals surface area (Å²) < 4.78 is 12.7. The second-order valence-corrected chi connectivity index (χ2v) is 2.99. The van der Waals surface area contributed by atoms with Crippen molar-refractivity contribution in [1.29, 1.82) is 0 Å². The summed E-state index contributed by atoms with van der Waals surface area (Å²) in [5, 5.41) is 0. The molecule has 0 aliphatic carbocycles. The Labute approximate surface area is 72.8 Å². The maximum absolute atomic E-state index is 12.0. The molecule has 0 bridgehead atoms. The van der Waals surface area contributed by atoms with E-state index < -0.39 is 12.7 Å². The van der Waals surface area contributed by atoms with E-state index >= 15 is 0 Å². The number of hydrogen-bond donors (Lipinski definition) is 1. The Morgan fingerprint density at radius 2 is 2.36 bits per heavy atom. The van der Waals surface area contributed by atoms with E-state index in [-0.39, 0.29) is 0 Å². The van der Waals surface area contributed by atoms with Crippen LogP contribution in [-0.4, -0.2) is 11.7 Å². The third-order valence-corrected chi connectivity index (χ3v) is 1.81. The first-order chi connectivity index (χ1) is 5.24. The van der Waals surface area contributed by atoms with Gasteiger partial charge in [-0.05, 0) is 27.6 Å². The Bertz CT molecular complexity index is 224. The zero-order valence-corrected chi connectivity index (χ0v) is 7.38. The van der Waals surface area contributed by atoms with Gasteiger partial charge in [0.15, 0.2) is 0 Å². The lowest BCUT2D eigenvalue weighted by molar-refractivity contribution is 0.436. The highest BCUT2D eigenvalue weighted by atomic mass is 79.9. The molecule has 0 radical (unpaired) electrons. The Morgan fingerprint density at radius 3 is 2.82 bits per heavy atom. The highest BCUT2D eigenvalue weighted by Crippen LogP contribution is 2.12. The van der Waals surface area contributed by atoms with Crippen LogP contribution in [0.2, 0.25) is 0 Å². The normalized spacial score (nSPS) is 13.0. The van der Waals surface area contributed by atoms with Gasteiger partial charge in [-0.2, -0.15) is 0 Å². The first-order valence-corrected chi connectivity index (χ1v) is 3.96. The molecule has 0 amide bonds. The van der Waals surface area contributed by atoms with Gasteiger partial charge >= 0.3 is 0 Å². The molecule has 1 atom stereocenters. The molecule has 0 aromatic carbocycles. The lowest BCUT2D eigenvalue weighted by Gasteiger charge is -2.05. The number of aromatic nitrogens is 1. The summed E-state index contributed by atoms with van der Waals surface area (Å²) in [6, 6.07) is 2.95. The summed E-state index contributed by atoms with van der Waals surface area (Å²) in [7, 11) is 0. The Kier molecular flexibility index (Phi) is 2.96. The van der Waals surface area contributed by atoms with Crippen molar-refractivity contribution in [3.8, 4) is 0 Å². The fraction of sp³-hybridized carbons (Fsp3) is 0.286. The van der Waals surface area contributed by atoms with E-state index in [9.17, 15) is 4.39 Å². The van der Waals surface area contributed by atoms with Gasteiger partial charge in [0.2, 0.25) is 0 Å².